The average molecular weight is 374 g/mol. The molecule has 0 spiro atoms. The Hall–Kier alpha value is -3.47. The molecule has 28 heavy (non-hydrogen) atoms. The molecule has 1 amide bonds. The van der Waals surface area contributed by atoms with Crippen LogP contribution in [0, 0.1) is 13.8 Å². The molecule has 5 nitrogen and oxygen atoms in total. The minimum absolute atomic E-state index is 0.193. The summed E-state index contributed by atoms with van der Waals surface area (Å²) in [5, 5.41) is 12.1. The average Bonchev–Trinajstić information content (AvgIpc) is 2.67. The van der Waals surface area contributed by atoms with Crippen molar-refractivity contribution in [2.45, 2.75) is 26.3 Å². The van der Waals surface area contributed by atoms with Crippen LogP contribution < -0.4 is 5.32 Å². The molecule has 2 aromatic carbocycles. The number of carboxylic acid groups (broad SMARTS) is 1. The summed E-state index contributed by atoms with van der Waals surface area (Å²) in [6.07, 6.45) is 3.01. The van der Waals surface area contributed by atoms with Crippen LogP contribution >= 0.6 is 0 Å². The molecule has 1 atom stereocenters. The second-order valence-electron chi connectivity index (χ2n) is 6.81. The van der Waals surface area contributed by atoms with Gasteiger partial charge in [0.1, 0.15) is 0 Å². The molecule has 3 rings (SSSR count). The van der Waals surface area contributed by atoms with Crippen LogP contribution in [0.5, 0.6) is 0 Å². The molecule has 0 aliphatic rings. The van der Waals surface area contributed by atoms with Gasteiger partial charge in [-0.2, -0.15) is 0 Å². The molecule has 0 saturated carbocycles. The summed E-state index contributed by atoms with van der Waals surface area (Å²) in [5.74, 6) is -1.32. The summed E-state index contributed by atoms with van der Waals surface area (Å²) < 4.78 is 0. The lowest BCUT2D eigenvalue weighted by atomic mass is 9.98. The highest BCUT2D eigenvalue weighted by Gasteiger charge is 2.20. The third kappa shape index (κ3) is 4.62. The van der Waals surface area contributed by atoms with Gasteiger partial charge in [-0.3, -0.25) is 14.6 Å². The first-order valence-electron chi connectivity index (χ1n) is 9.04. The molecule has 1 heterocycles. The minimum Gasteiger partial charge on any atom is -0.481 e. The number of aliphatic carboxylic acids is 1. The highest BCUT2D eigenvalue weighted by Crippen LogP contribution is 2.23. The quantitative estimate of drug-likeness (QED) is 0.674. The minimum atomic E-state index is -0.972. The van der Waals surface area contributed by atoms with E-state index in [9.17, 15) is 14.7 Å². The zero-order valence-electron chi connectivity index (χ0n) is 15.8. The Morgan fingerprint density at radius 3 is 2.50 bits per heavy atom. The van der Waals surface area contributed by atoms with Crippen LogP contribution in [0.4, 0.5) is 0 Å². The maximum Gasteiger partial charge on any atom is 0.305 e. The fourth-order valence-electron chi connectivity index (χ4n) is 3.18. The van der Waals surface area contributed by atoms with E-state index in [4.69, 9.17) is 0 Å². The number of carbonyl (C=O) groups is 2. The Morgan fingerprint density at radius 2 is 1.79 bits per heavy atom. The molecular formula is C23H22N2O3. The fraction of sp³-hybridized carbons (Fsp3) is 0.174. The number of nitrogens with zero attached hydrogens (tertiary/aromatic N) is 1. The second kappa shape index (κ2) is 8.48. The first-order chi connectivity index (χ1) is 13.4. The lowest BCUT2D eigenvalue weighted by Crippen LogP contribution is -2.30. The van der Waals surface area contributed by atoms with E-state index in [0.717, 1.165) is 27.8 Å². The van der Waals surface area contributed by atoms with E-state index >= 15 is 0 Å². The van der Waals surface area contributed by atoms with Gasteiger partial charge in [0.25, 0.3) is 5.91 Å². The first kappa shape index (κ1) is 19.3. The third-order valence-corrected chi connectivity index (χ3v) is 4.60. The Balaban J connectivity index is 1.87. The number of amides is 1. The zero-order valence-corrected chi connectivity index (χ0v) is 15.8. The number of aromatic nitrogens is 1. The fourth-order valence-corrected chi connectivity index (χ4v) is 3.18. The summed E-state index contributed by atoms with van der Waals surface area (Å²) in [5.41, 5.74) is 5.04. The van der Waals surface area contributed by atoms with E-state index in [0.29, 0.717) is 5.56 Å². The molecule has 0 unspecified atom stereocenters. The van der Waals surface area contributed by atoms with Crippen LogP contribution in [0.1, 0.15) is 39.5 Å². The molecular weight excluding hydrogens is 352 g/mol. The maximum absolute atomic E-state index is 12.8. The summed E-state index contributed by atoms with van der Waals surface area (Å²) in [6, 6.07) is 16.6. The Morgan fingerprint density at radius 1 is 1.00 bits per heavy atom. The van der Waals surface area contributed by atoms with E-state index in [-0.39, 0.29) is 12.3 Å². The van der Waals surface area contributed by atoms with E-state index in [1.165, 1.54) is 6.20 Å². The van der Waals surface area contributed by atoms with E-state index in [1.807, 2.05) is 62.4 Å². The summed E-state index contributed by atoms with van der Waals surface area (Å²) in [7, 11) is 0. The Labute approximate surface area is 164 Å². The smallest absolute Gasteiger partial charge is 0.305 e. The van der Waals surface area contributed by atoms with Gasteiger partial charge in [-0.1, -0.05) is 54.1 Å². The van der Waals surface area contributed by atoms with Crippen LogP contribution in [-0.4, -0.2) is 22.0 Å². The summed E-state index contributed by atoms with van der Waals surface area (Å²) in [4.78, 5) is 28.3. The molecule has 0 radical (unpaired) electrons. The number of carbonyl (C=O) groups excluding carboxylic acids is 1. The molecule has 2 N–H and O–H groups in total. The van der Waals surface area contributed by atoms with Crippen molar-refractivity contribution >= 4 is 11.9 Å². The van der Waals surface area contributed by atoms with Crippen molar-refractivity contribution < 1.29 is 14.7 Å². The number of hydrogen-bond acceptors (Lipinski definition) is 3. The van der Waals surface area contributed by atoms with Gasteiger partial charge in [-0.25, -0.2) is 0 Å². The SMILES string of the molecule is Cc1cccc(-c2cncc(C(=O)N[C@@H](CC(=O)O)c3ccccc3C)c2)c1. The summed E-state index contributed by atoms with van der Waals surface area (Å²) in [6.45, 7) is 3.91. The number of hydrogen-bond donors (Lipinski definition) is 2. The van der Waals surface area contributed by atoms with Crippen LogP contribution in [0.15, 0.2) is 67.0 Å². The molecule has 0 saturated heterocycles. The molecule has 0 aliphatic carbocycles. The third-order valence-electron chi connectivity index (χ3n) is 4.60. The van der Waals surface area contributed by atoms with Gasteiger partial charge >= 0.3 is 5.97 Å². The lowest BCUT2D eigenvalue weighted by Gasteiger charge is -2.19. The van der Waals surface area contributed by atoms with Gasteiger partial charge in [0.2, 0.25) is 0 Å². The van der Waals surface area contributed by atoms with Crippen molar-refractivity contribution in [2.75, 3.05) is 0 Å². The number of rotatable bonds is 6. The highest BCUT2D eigenvalue weighted by atomic mass is 16.4. The standard InChI is InChI=1S/C23H22N2O3/c1-15-6-5-8-17(10-15)18-11-19(14-24-13-18)23(28)25-21(12-22(26)27)20-9-4-3-7-16(20)2/h3-11,13-14,21H,12H2,1-2H3,(H,25,28)(H,26,27)/t21-/m0/s1. The number of aryl methyl sites for hydroxylation is 2. The van der Waals surface area contributed by atoms with Crippen molar-refractivity contribution in [3.05, 3.63) is 89.2 Å². The van der Waals surface area contributed by atoms with E-state index in [2.05, 4.69) is 10.3 Å². The highest BCUT2D eigenvalue weighted by molar-refractivity contribution is 5.95. The Bertz CT molecular complexity index is 1010. The summed E-state index contributed by atoms with van der Waals surface area (Å²) >= 11 is 0. The van der Waals surface area contributed by atoms with Crippen LogP contribution in [0.2, 0.25) is 0 Å². The van der Waals surface area contributed by atoms with Crippen molar-refractivity contribution in [3.63, 3.8) is 0 Å². The molecule has 3 aromatic rings. The normalized spacial score (nSPS) is 11.6. The lowest BCUT2D eigenvalue weighted by molar-refractivity contribution is -0.137. The van der Waals surface area contributed by atoms with E-state index < -0.39 is 12.0 Å². The zero-order chi connectivity index (χ0) is 20.1. The van der Waals surface area contributed by atoms with Gasteiger partial charge in [-0.15, -0.1) is 0 Å². The number of pyridine rings is 1. The molecule has 0 bridgehead atoms. The van der Waals surface area contributed by atoms with Crippen molar-refractivity contribution in [1.82, 2.24) is 10.3 Å². The second-order valence-corrected chi connectivity index (χ2v) is 6.81. The molecule has 142 valence electrons. The van der Waals surface area contributed by atoms with Crippen molar-refractivity contribution in [1.29, 1.82) is 0 Å². The topological polar surface area (TPSA) is 79.3 Å². The van der Waals surface area contributed by atoms with Crippen LogP contribution in [0.25, 0.3) is 11.1 Å². The van der Waals surface area contributed by atoms with Gasteiger partial charge in [0.15, 0.2) is 0 Å². The van der Waals surface area contributed by atoms with E-state index in [1.54, 1.807) is 12.3 Å². The number of carboxylic acids is 1. The van der Waals surface area contributed by atoms with Crippen molar-refractivity contribution in [3.8, 4) is 11.1 Å². The predicted octanol–water partition coefficient (Wildman–Crippen LogP) is 4.31. The molecule has 1 aromatic heterocycles. The predicted molar refractivity (Wildman–Crippen MR) is 108 cm³/mol. The van der Waals surface area contributed by atoms with Crippen molar-refractivity contribution in [2.24, 2.45) is 0 Å². The monoisotopic (exact) mass is 374 g/mol. The van der Waals surface area contributed by atoms with Gasteiger partial charge < -0.3 is 10.4 Å². The van der Waals surface area contributed by atoms with Crippen LogP contribution in [-0.2, 0) is 4.79 Å². The molecule has 5 heteroatoms. The number of benzene rings is 2. The van der Waals surface area contributed by atoms with Crippen LogP contribution in [0.3, 0.4) is 0 Å². The first-order valence-corrected chi connectivity index (χ1v) is 9.04. The largest absolute Gasteiger partial charge is 0.481 e. The van der Waals surface area contributed by atoms with Gasteiger partial charge in [0.05, 0.1) is 18.0 Å². The maximum atomic E-state index is 12.8. The molecule has 0 aliphatic heterocycles. The Kier molecular flexibility index (Phi) is 5.84. The molecule has 0 fully saturated rings. The number of nitrogens with one attached hydrogen (secondary N) is 1. The van der Waals surface area contributed by atoms with Gasteiger partial charge in [-0.05, 0) is 36.6 Å². The van der Waals surface area contributed by atoms with Gasteiger partial charge in [0, 0.05) is 18.0 Å².